The lowest BCUT2D eigenvalue weighted by Gasteiger charge is -2.16. The average Bonchev–Trinajstić information content (AvgIpc) is 3.21. The van der Waals surface area contributed by atoms with Gasteiger partial charge in [0.05, 0.1) is 23.9 Å². The van der Waals surface area contributed by atoms with E-state index < -0.39 is 6.04 Å². The predicted octanol–water partition coefficient (Wildman–Crippen LogP) is 3.16. The van der Waals surface area contributed by atoms with Crippen molar-refractivity contribution in [2.45, 2.75) is 25.6 Å². The van der Waals surface area contributed by atoms with Crippen LogP contribution in [0.5, 0.6) is 0 Å². The summed E-state index contributed by atoms with van der Waals surface area (Å²) in [6.07, 6.45) is 1.42. The molecule has 5 heteroatoms. The Morgan fingerprint density at radius 3 is 2.67 bits per heavy atom. The van der Waals surface area contributed by atoms with Gasteiger partial charge in [-0.05, 0) is 24.6 Å². The Kier molecular flexibility index (Phi) is 3.61. The number of benzene rings is 2. The van der Waals surface area contributed by atoms with Crippen LogP contribution < -0.4 is 0 Å². The van der Waals surface area contributed by atoms with Crippen molar-refractivity contribution in [3.8, 4) is 0 Å². The molecule has 4 rings (SSSR count). The lowest BCUT2D eigenvalue weighted by molar-refractivity contribution is -0.119. The predicted molar refractivity (Wildman–Crippen MR) is 91.9 cm³/mol. The zero-order chi connectivity index (χ0) is 16.5. The van der Waals surface area contributed by atoms with E-state index in [0.29, 0.717) is 12.4 Å². The van der Waals surface area contributed by atoms with E-state index in [4.69, 9.17) is 4.74 Å². The molecule has 0 amide bonds. The first-order valence-corrected chi connectivity index (χ1v) is 7.91. The smallest absolute Gasteiger partial charge is 0.205 e. The van der Waals surface area contributed by atoms with Crippen LogP contribution in [0.3, 0.4) is 0 Å². The molecule has 5 nitrogen and oxygen atoms in total. The Bertz CT molecular complexity index is 915. The van der Waals surface area contributed by atoms with E-state index in [9.17, 15) is 4.79 Å². The first kappa shape index (κ1) is 14.6. The second-order valence-corrected chi connectivity index (χ2v) is 5.89. The Morgan fingerprint density at radius 2 is 1.88 bits per heavy atom. The fourth-order valence-corrected chi connectivity index (χ4v) is 3.02. The first-order valence-electron chi connectivity index (χ1n) is 7.91. The van der Waals surface area contributed by atoms with Crippen LogP contribution in [-0.2, 0) is 16.1 Å². The standard InChI is InChI=1S/C19H17N3O2/c1-13(23)18-19(14-7-3-2-4-8-14)24-17(21-18)11-22-12-20-15-9-5-6-10-16(15)22/h2-10,12,18-19H,11H2,1H3. The summed E-state index contributed by atoms with van der Waals surface area (Å²) >= 11 is 0. The quantitative estimate of drug-likeness (QED) is 0.742. The van der Waals surface area contributed by atoms with Gasteiger partial charge in [0.25, 0.3) is 0 Å². The molecule has 0 aliphatic carbocycles. The lowest BCUT2D eigenvalue weighted by Crippen LogP contribution is -2.21. The maximum atomic E-state index is 12.0. The molecule has 24 heavy (non-hydrogen) atoms. The number of aliphatic imine (C=N–C) groups is 1. The normalized spacial score (nSPS) is 20.0. The molecular weight excluding hydrogens is 302 g/mol. The molecule has 0 N–H and O–H groups in total. The molecule has 1 aliphatic heterocycles. The number of ether oxygens (including phenoxy) is 1. The van der Waals surface area contributed by atoms with Crippen molar-refractivity contribution in [2.75, 3.05) is 0 Å². The molecule has 1 aliphatic rings. The van der Waals surface area contributed by atoms with Crippen molar-refractivity contribution in [1.29, 1.82) is 0 Å². The minimum Gasteiger partial charge on any atom is -0.469 e. The molecule has 2 unspecified atom stereocenters. The first-order chi connectivity index (χ1) is 11.7. The van der Waals surface area contributed by atoms with E-state index in [2.05, 4.69) is 9.98 Å². The van der Waals surface area contributed by atoms with Gasteiger partial charge in [-0.3, -0.25) is 4.79 Å². The zero-order valence-corrected chi connectivity index (χ0v) is 13.3. The summed E-state index contributed by atoms with van der Waals surface area (Å²) in [5.41, 5.74) is 2.91. The van der Waals surface area contributed by atoms with Gasteiger partial charge in [-0.1, -0.05) is 42.5 Å². The largest absolute Gasteiger partial charge is 0.469 e. The summed E-state index contributed by atoms with van der Waals surface area (Å²) in [6, 6.07) is 17.2. The minimum atomic E-state index is -0.489. The van der Waals surface area contributed by atoms with Gasteiger partial charge >= 0.3 is 0 Å². The van der Waals surface area contributed by atoms with Crippen LogP contribution in [0.15, 0.2) is 65.9 Å². The highest BCUT2D eigenvalue weighted by molar-refractivity contribution is 5.90. The summed E-state index contributed by atoms with van der Waals surface area (Å²) in [5.74, 6) is 0.571. The number of hydrogen-bond acceptors (Lipinski definition) is 4. The maximum absolute atomic E-state index is 12.0. The second kappa shape index (κ2) is 5.92. The van der Waals surface area contributed by atoms with Crippen LogP contribution in [0.1, 0.15) is 18.6 Å². The number of carbonyl (C=O) groups excluding carboxylic acids is 1. The molecule has 2 aromatic carbocycles. The van der Waals surface area contributed by atoms with E-state index in [-0.39, 0.29) is 11.9 Å². The van der Waals surface area contributed by atoms with Gasteiger partial charge in [-0.15, -0.1) is 0 Å². The number of carbonyl (C=O) groups is 1. The SMILES string of the molecule is CC(=O)C1N=C(Cn2cnc3ccccc32)OC1c1ccccc1. The molecular formula is C19H17N3O2. The van der Waals surface area contributed by atoms with E-state index in [1.807, 2.05) is 59.2 Å². The number of ketones is 1. The molecule has 2 heterocycles. The van der Waals surface area contributed by atoms with Crippen LogP contribution in [0.4, 0.5) is 0 Å². The number of aromatic nitrogens is 2. The van der Waals surface area contributed by atoms with E-state index in [0.717, 1.165) is 16.6 Å². The number of Topliss-reactive ketones (excluding diaryl/α,β-unsaturated/α-hetero) is 1. The number of rotatable bonds is 4. The van der Waals surface area contributed by atoms with Crippen molar-refractivity contribution < 1.29 is 9.53 Å². The summed E-state index contributed by atoms with van der Waals surface area (Å²) in [6.45, 7) is 2.02. The number of nitrogens with zero attached hydrogens (tertiary/aromatic N) is 3. The maximum Gasteiger partial charge on any atom is 0.205 e. The highest BCUT2D eigenvalue weighted by Gasteiger charge is 2.35. The van der Waals surface area contributed by atoms with Crippen molar-refractivity contribution in [3.63, 3.8) is 0 Å². The number of para-hydroxylation sites is 2. The summed E-state index contributed by atoms with van der Waals surface area (Å²) in [4.78, 5) is 20.9. The van der Waals surface area contributed by atoms with E-state index in [1.165, 1.54) is 0 Å². The fourth-order valence-electron chi connectivity index (χ4n) is 3.02. The monoisotopic (exact) mass is 319 g/mol. The summed E-state index contributed by atoms with van der Waals surface area (Å²) in [7, 11) is 0. The van der Waals surface area contributed by atoms with Gasteiger partial charge in [-0.2, -0.15) is 0 Å². The summed E-state index contributed by atoms with van der Waals surface area (Å²) < 4.78 is 8.01. The molecule has 0 saturated carbocycles. The van der Waals surface area contributed by atoms with Crippen molar-refractivity contribution in [1.82, 2.24) is 9.55 Å². The third-order valence-corrected chi connectivity index (χ3v) is 4.21. The third-order valence-electron chi connectivity index (χ3n) is 4.21. The van der Waals surface area contributed by atoms with Gasteiger partial charge in [0.2, 0.25) is 5.90 Å². The second-order valence-electron chi connectivity index (χ2n) is 5.89. The Labute approximate surface area is 139 Å². The average molecular weight is 319 g/mol. The van der Waals surface area contributed by atoms with Crippen LogP contribution in [0, 0.1) is 0 Å². The molecule has 3 aromatic rings. The van der Waals surface area contributed by atoms with Gasteiger partial charge in [0, 0.05) is 0 Å². The van der Waals surface area contributed by atoms with Gasteiger partial charge in [0.1, 0.15) is 0 Å². The molecule has 120 valence electrons. The number of fused-ring (bicyclic) bond motifs is 1. The number of hydrogen-bond donors (Lipinski definition) is 0. The molecule has 2 atom stereocenters. The number of imidazole rings is 1. The fraction of sp³-hybridized carbons (Fsp3) is 0.211. The molecule has 0 spiro atoms. The molecule has 1 aromatic heterocycles. The molecule has 0 radical (unpaired) electrons. The Balaban J connectivity index is 1.62. The van der Waals surface area contributed by atoms with Crippen LogP contribution >= 0.6 is 0 Å². The molecule has 0 saturated heterocycles. The highest BCUT2D eigenvalue weighted by atomic mass is 16.5. The van der Waals surface area contributed by atoms with E-state index in [1.54, 1.807) is 13.3 Å². The van der Waals surface area contributed by atoms with Crippen molar-refractivity contribution >= 4 is 22.7 Å². The highest BCUT2D eigenvalue weighted by Crippen LogP contribution is 2.30. The van der Waals surface area contributed by atoms with Gasteiger partial charge < -0.3 is 9.30 Å². The van der Waals surface area contributed by atoms with Crippen LogP contribution in [0.2, 0.25) is 0 Å². The topological polar surface area (TPSA) is 56.5 Å². The van der Waals surface area contributed by atoms with Crippen LogP contribution in [-0.4, -0.2) is 27.3 Å². The van der Waals surface area contributed by atoms with Crippen LogP contribution in [0.25, 0.3) is 11.0 Å². The van der Waals surface area contributed by atoms with Crippen molar-refractivity contribution in [3.05, 3.63) is 66.5 Å². The molecule has 0 fully saturated rings. The Morgan fingerprint density at radius 1 is 1.12 bits per heavy atom. The van der Waals surface area contributed by atoms with Gasteiger partial charge in [0.15, 0.2) is 17.9 Å². The lowest BCUT2D eigenvalue weighted by atomic mass is 10.0. The minimum absolute atomic E-state index is 0.00865. The third kappa shape index (κ3) is 2.58. The summed E-state index contributed by atoms with van der Waals surface area (Å²) in [5, 5.41) is 0. The van der Waals surface area contributed by atoms with E-state index >= 15 is 0 Å². The molecule has 0 bridgehead atoms. The van der Waals surface area contributed by atoms with Crippen molar-refractivity contribution in [2.24, 2.45) is 4.99 Å². The Hall–Kier alpha value is -2.95. The zero-order valence-electron chi connectivity index (χ0n) is 13.3. The van der Waals surface area contributed by atoms with Gasteiger partial charge in [-0.25, -0.2) is 9.98 Å².